The quantitative estimate of drug-likeness (QED) is 0.856. The number of carbonyl (C=O) groups is 1. The third-order valence-corrected chi connectivity index (χ3v) is 5.42. The average Bonchev–Trinajstić information content (AvgIpc) is 2.46. The van der Waals surface area contributed by atoms with Crippen LogP contribution in [0.25, 0.3) is 0 Å². The Morgan fingerprint density at radius 2 is 2.10 bits per heavy atom. The van der Waals surface area contributed by atoms with Crippen molar-refractivity contribution < 1.29 is 13.2 Å². The number of nitrogens with one attached hydrogen (secondary N) is 1. The minimum Gasteiger partial charge on any atom is -0.347 e. The first-order valence-electron chi connectivity index (χ1n) is 6.84. The van der Waals surface area contributed by atoms with E-state index in [9.17, 15) is 13.2 Å². The first-order chi connectivity index (χ1) is 9.84. The minimum atomic E-state index is -3.67. The molecule has 0 spiro atoms. The molecule has 1 unspecified atom stereocenters. The fourth-order valence-corrected chi connectivity index (χ4v) is 4.08. The lowest BCUT2D eigenvalue weighted by Gasteiger charge is -2.35. The Morgan fingerprint density at radius 1 is 1.38 bits per heavy atom. The van der Waals surface area contributed by atoms with Crippen molar-refractivity contribution in [2.45, 2.75) is 17.9 Å². The Morgan fingerprint density at radius 3 is 2.71 bits per heavy atom. The Bertz CT molecular complexity index is 628. The van der Waals surface area contributed by atoms with E-state index in [-0.39, 0.29) is 10.8 Å². The SMILES string of the molecule is Cc1cccc(S(=O)(=O)N2CCNCC2C(=O)N(C)C)c1. The summed E-state index contributed by atoms with van der Waals surface area (Å²) in [4.78, 5) is 13.9. The predicted octanol–water partition coefficient (Wildman–Crippen LogP) is 0.0457. The highest BCUT2D eigenvalue weighted by molar-refractivity contribution is 7.89. The number of piperazine rings is 1. The highest BCUT2D eigenvalue weighted by Gasteiger charge is 2.38. The first kappa shape index (κ1) is 15.9. The summed E-state index contributed by atoms with van der Waals surface area (Å²) in [6.07, 6.45) is 0. The van der Waals surface area contributed by atoms with E-state index in [0.717, 1.165) is 5.56 Å². The molecule has 0 radical (unpaired) electrons. The number of nitrogens with zero attached hydrogens (tertiary/aromatic N) is 2. The molecule has 1 aliphatic rings. The van der Waals surface area contributed by atoms with E-state index in [1.807, 2.05) is 13.0 Å². The van der Waals surface area contributed by atoms with E-state index >= 15 is 0 Å². The highest BCUT2D eigenvalue weighted by Crippen LogP contribution is 2.21. The molecule has 0 aromatic heterocycles. The van der Waals surface area contributed by atoms with Crippen LogP contribution in [0.15, 0.2) is 29.2 Å². The predicted molar refractivity (Wildman–Crippen MR) is 80.4 cm³/mol. The first-order valence-corrected chi connectivity index (χ1v) is 8.28. The normalized spacial score (nSPS) is 20.2. The lowest BCUT2D eigenvalue weighted by atomic mass is 10.2. The second-order valence-corrected chi connectivity index (χ2v) is 7.28. The molecule has 1 aromatic rings. The van der Waals surface area contributed by atoms with Crippen molar-refractivity contribution in [3.05, 3.63) is 29.8 Å². The lowest BCUT2D eigenvalue weighted by Crippen LogP contribution is -2.59. The Hall–Kier alpha value is -1.44. The van der Waals surface area contributed by atoms with Crippen LogP contribution in [0.3, 0.4) is 0 Å². The van der Waals surface area contributed by atoms with Crippen molar-refractivity contribution in [3.8, 4) is 0 Å². The van der Waals surface area contributed by atoms with Gasteiger partial charge in [-0.3, -0.25) is 4.79 Å². The zero-order chi connectivity index (χ0) is 15.6. The molecule has 6 nitrogen and oxygen atoms in total. The third kappa shape index (κ3) is 3.25. The standard InChI is InChI=1S/C14H21N3O3S/c1-11-5-4-6-12(9-11)21(19,20)17-8-7-15-10-13(17)14(18)16(2)3/h4-6,9,13,15H,7-8,10H2,1-3H3. The number of rotatable bonds is 3. The van der Waals surface area contributed by atoms with E-state index in [1.54, 1.807) is 32.3 Å². The van der Waals surface area contributed by atoms with Crippen molar-refractivity contribution in [1.82, 2.24) is 14.5 Å². The van der Waals surface area contributed by atoms with Gasteiger partial charge >= 0.3 is 0 Å². The van der Waals surface area contributed by atoms with E-state index < -0.39 is 16.1 Å². The smallest absolute Gasteiger partial charge is 0.243 e. The highest BCUT2D eigenvalue weighted by atomic mass is 32.2. The summed E-state index contributed by atoms with van der Waals surface area (Å²) in [5.74, 6) is -0.210. The number of hydrogen-bond acceptors (Lipinski definition) is 4. The van der Waals surface area contributed by atoms with Gasteiger partial charge < -0.3 is 10.2 Å². The summed E-state index contributed by atoms with van der Waals surface area (Å²) in [7, 11) is -0.400. The summed E-state index contributed by atoms with van der Waals surface area (Å²) in [6, 6.07) is 6.07. The number of sulfonamides is 1. The Balaban J connectivity index is 2.38. The minimum absolute atomic E-state index is 0.210. The van der Waals surface area contributed by atoms with Crippen LogP contribution >= 0.6 is 0 Å². The monoisotopic (exact) mass is 311 g/mol. The van der Waals surface area contributed by atoms with Crippen LogP contribution in [0.1, 0.15) is 5.56 Å². The number of carbonyl (C=O) groups excluding carboxylic acids is 1. The van der Waals surface area contributed by atoms with Gasteiger partial charge in [-0.15, -0.1) is 0 Å². The largest absolute Gasteiger partial charge is 0.347 e. The van der Waals surface area contributed by atoms with Crippen LogP contribution in [-0.2, 0) is 14.8 Å². The molecule has 2 rings (SSSR count). The van der Waals surface area contributed by atoms with Gasteiger partial charge in [-0.05, 0) is 24.6 Å². The molecule has 1 saturated heterocycles. The molecule has 1 heterocycles. The van der Waals surface area contributed by atoms with Crippen LogP contribution in [0.4, 0.5) is 0 Å². The van der Waals surface area contributed by atoms with Crippen molar-refractivity contribution in [3.63, 3.8) is 0 Å². The van der Waals surface area contributed by atoms with Gasteiger partial charge in [0, 0.05) is 33.7 Å². The van der Waals surface area contributed by atoms with Gasteiger partial charge in [0.05, 0.1) is 4.90 Å². The number of aryl methyl sites for hydroxylation is 1. The summed E-state index contributed by atoms with van der Waals surface area (Å²) in [6.45, 7) is 3.02. The summed E-state index contributed by atoms with van der Waals surface area (Å²) < 4.78 is 26.9. The molecule has 21 heavy (non-hydrogen) atoms. The maximum atomic E-state index is 12.8. The maximum absolute atomic E-state index is 12.8. The summed E-state index contributed by atoms with van der Waals surface area (Å²) in [5, 5.41) is 3.08. The van der Waals surface area contributed by atoms with E-state index in [0.29, 0.717) is 19.6 Å². The van der Waals surface area contributed by atoms with Crippen molar-refractivity contribution in [2.24, 2.45) is 0 Å². The van der Waals surface area contributed by atoms with Gasteiger partial charge in [-0.2, -0.15) is 4.31 Å². The van der Waals surface area contributed by atoms with Crippen molar-refractivity contribution in [2.75, 3.05) is 33.7 Å². The van der Waals surface area contributed by atoms with Crippen LogP contribution in [-0.4, -0.2) is 63.3 Å². The molecule has 1 fully saturated rings. The summed E-state index contributed by atoms with van der Waals surface area (Å²) in [5.41, 5.74) is 0.877. The number of likely N-dealkylation sites (N-methyl/N-ethyl adjacent to an activating group) is 1. The van der Waals surface area contributed by atoms with Gasteiger partial charge in [0.15, 0.2) is 0 Å². The van der Waals surface area contributed by atoms with Crippen LogP contribution < -0.4 is 5.32 Å². The average molecular weight is 311 g/mol. The second-order valence-electron chi connectivity index (χ2n) is 5.38. The van der Waals surface area contributed by atoms with Crippen molar-refractivity contribution in [1.29, 1.82) is 0 Å². The topological polar surface area (TPSA) is 69.7 Å². The van der Waals surface area contributed by atoms with Gasteiger partial charge in [-0.25, -0.2) is 8.42 Å². The number of hydrogen-bond donors (Lipinski definition) is 1. The zero-order valence-corrected chi connectivity index (χ0v) is 13.4. The van der Waals surface area contributed by atoms with Crippen LogP contribution in [0.2, 0.25) is 0 Å². The molecular formula is C14H21N3O3S. The fourth-order valence-electron chi connectivity index (χ4n) is 2.39. The molecule has 0 bridgehead atoms. The molecule has 0 saturated carbocycles. The van der Waals surface area contributed by atoms with Gasteiger partial charge in [0.2, 0.25) is 15.9 Å². The fraction of sp³-hybridized carbons (Fsp3) is 0.500. The second kappa shape index (κ2) is 6.13. The van der Waals surface area contributed by atoms with Crippen molar-refractivity contribution >= 4 is 15.9 Å². The van der Waals surface area contributed by atoms with Gasteiger partial charge in [0.1, 0.15) is 6.04 Å². The van der Waals surface area contributed by atoms with E-state index in [2.05, 4.69) is 5.32 Å². The van der Waals surface area contributed by atoms with E-state index in [1.165, 1.54) is 9.21 Å². The molecular weight excluding hydrogens is 290 g/mol. The molecule has 116 valence electrons. The number of benzene rings is 1. The molecule has 1 aromatic carbocycles. The maximum Gasteiger partial charge on any atom is 0.243 e. The number of amides is 1. The zero-order valence-electron chi connectivity index (χ0n) is 12.5. The van der Waals surface area contributed by atoms with E-state index in [4.69, 9.17) is 0 Å². The molecule has 1 N–H and O–H groups in total. The molecule has 7 heteroatoms. The third-order valence-electron chi connectivity index (χ3n) is 3.52. The van der Waals surface area contributed by atoms with Gasteiger partial charge in [-0.1, -0.05) is 12.1 Å². The molecule has 1 aliphatic heterocycles. The van der Waals surface area contributed by atoms with Gasteiger partial charge in [0.25, 0.3) is 0 Å². The Kier molecular flexibility index (Phi) is 4.65. The van der Waals surface area contributed by atoms with Crippen LogP contribution in [0.5, 0.6) is 0 Å². The lowest BCUT2D eigenvalue weighted by molar-refractivity contribution is -0.133. The molecule has 0 aliphatic carbocycles. The van der Waals surface area contributed by atoms with Crippen LogP contribution in [0, 0.1) is 6.92 Å². The molecule has 1 atom stereocenters. The summed E-state index contributed by atoms with van der Waals surface area (Å²) >= 11 is 0. The Labute approximate surface area is 125 Å². The molecule has 1 amide bonds.